The summed E-state index contributed by atoms with van der Waals surface area (Å²) in [5.41, 5.74) is 1.84. The second-order valence-corrected chi connectivity index (χ2v) is 5.66. The zero-order valence-electron chi connectivity index (χ0n) is 13.9. The third kappa shape index (κ3) is 4.20. The Bertz CT molecular complexity index is 634. The van der Waals surface area contributed by atoms with E-state index in [4.69, 9.17) is 4.42 Å². The number of furan rings is 1. The summed E-state index contributed by atoms with van der Waals surface area (Å²) in [5.74, 6) is 0.658. The normalized spacial score (nSPS) is 12.4. The monoisotopic (exact) mass is 316 g/mol. The first-order valence-corrected chi connectivity index (χ1v) is 8.04. The fourth-order valence-corrected chi connectivity index (χ4v) is 2.65. The number of aliphatic hydroxyl groups excluding tert-OH is 1. The van der Waals surface area contributed by atoms with E-state index in [1.54, 1.807) is 31.4 Å². The second kappa shape index (κ2) is 7.92. The van der Waals surface area contributed by atoms with Crippen LogP contribution in [0.15, 0.2) is 34.9 Å². The molecule has 0 saturated carbocycles. The number of nitrogens with zero attached hydrogens (tertiary/aromatic N) is 1. The average molecular weight is 316 g/mol. The topological polar surface area (TPSA) is 75.4 Å². The zero-order chi connectivity index (χ0) is 16.8. The van der Waals surface area contributed by atoms with E-state index in [-0.39, 0.29) is 18.4 Å². The van der Waals surface area contributed by atoms with Crippen molar-refractivity contribution >= 4 is 5.91 Å². The minimum atomic E-state index is -0.524. The molecule has 23 heavy (non-hydrogen) atoms. The van der Waals surface area contributed by atoms with Crippen LogP contribution in [-0.4, -0.2) is 28.6 Å². The van der Waals surface area contributed by atoms with Crippen LogP contribution in [0.25, 0.3) is 11.5 Å². The average Bonchev–Trinajstić information content (AvgIpc) is 3.08. The van der Waals surface area contributed by atoms with Crippen LogP contribution in [-0.2, 0) is 0 Å². The number of rotatable bonds is 7. The van der Waals surface area contributed by atoms with Crippen molar-refractivity contribution in [2.45, 2.75) is 39.7 Å². The van der Waals surface area contributed by atoms with Gasteiger partial charge in [0.25, 0.3) is 5.91 Å². The van der Waals surface area contributed by atoms with Crippen LogP contribution in [0.3, 0.4) is 0 Å². The summed E-state index contributed by atoms with van der Waals surface area (Å²) in [6, 6.07) is 7.12. The minimum Gasteiger partial charge on any atom is -0.463 e. The molecule has 0 aromatic carbocycles. The van der Waals surface area contributed by atoms with Gasteiger partial charge in [0.15, 0.2) is 5.76 Å². The molecule has 0 radical (unpaired) electrons. The Balaban J connectivity index is 2.02. The molecule has 124 valence electrons. The lowest BCUT2D eigenvalue weighted by Gasteiger charge is -2.20. The smallest absolute Gasteiger partial charge is 0.253 e. The molecule has 0 spiro atoms. The van der Waals surface area contributed by atoms with Gasteiger partial charge >= 0.3 is 0 Å². The van der Waals surface area contributed by atoms with Gasteiger partial charge in [-0.05, 0) is 37.1 Å². The number of aryl methyl sites for hydroxylation is 1. The quantitative estimate of drug-likeness (QED) is 0.822. The third-order valence-corrected chi connectivity index (χ3v) is 4.17. The first kappa shape index (κ1) is 17.2. The van der Waals surface area contributed by atoms with E-state index in [1.807, 2.05) is 19.9 Å². The van der Waals surface area contributed by atoms with Crippen molar-refractivity contribution in [2.75, 3.05) is 6.54 Å². The SMILES string of the molecule is CCC(CC)C(O)CNC(=O)c1ccc(-c2ccco2)nc1C. The summed E-state index contributed by atoms with van der Waals surface area (Å²) in [6.07, 6.45) is 2.86. The highest BCUT2D eigenvalue weighted by atomic mass is 16.3. The van der Waals surface area contributed by atoms with Crippen molar-refractivity contribution in [2.24, 2.45) is 5.92 Å². The Labute approximate surface area is 136 Å². The molecule has 2 aromatic heterocycles. The van der Waals surface area contributed by atoms with Crippen LogP contribution in [0.5, 0.6) is 0 Å². The number of hydrogen-bond acceptors (Lipinski definition) is 4. The number of pyridine rings is 1. The first-order chi connectivity index (χ1) is 11.1. The van der Waals surface area contributed by atoms with Gasteiger partial charge in [0, 0.05) is 6.54 Å². The largest absolute Gasteiger partial charge is 0.463 e. The van der Waals surface area contributed by atoms with Gasteiger partial charge in [-0.15, -0.1) is 0 Å². The Kier molecular flexibility index (Phi) is 5.93. The second-order valence-electron chi connectivity index (χ2n) is 5.66. The fraction of sp³-hybridized carbons (Fsp3) is 0.444. The van der Waals surface area contributed by atoms with E-state index < -0.39 is 6.10 Å². The molecule has 2 rings (SSSR count). The Morgan fingerprint density at radius 2 is 2.04 bits per heavy atom. The van der Waals surface area contributed by atoms with Crippen LogP contribution in [0.1, 0.15) is 42.7 Å². The van der Waals surface area contributed by atoms with Gasteiger partial charge in [-0.25, -0.2) is 4.98 Å². The number of aromatic nitrogens is 1. The Morgan fingerprint density at radius 3 is 2.61 bits per heavy atom. The van der Waals surface area contributed by atoms with E-state index >= 15 is 0 Å². The lowest BCUT2D eigenvalue weighted by Crippen LogP contribution is -2.36. The number of amides is 1. The van der Waals surface area contributed by atoms with Crippen LogP contribution in [0, 0.1) is 12.8 Å². The minimum absolute atomic E-state index is 0.204. The number of aliphatic hydroxyl groups is 1. The maximum atomic E-state index is 12.3. The highest BCUT2D eigenvalue weighted by molar-refractivity contribution is 5.95. The maximum absolute atomic E-state index is 12.3. The van der Waals surface area contributed by atoms with E-state index in [0.717, 1.165) is 12.8 Å². The molecule has 1 unspecified atom stereocenters. The number of carbonyl (C=O) groups excluding carboxylic acids is 1. The molecule has 0 fully saturated rings. The van der Waals surface area contributed by atoms with Crippen molar-refractivity contribution in [3.8, 4) is 11.5 Å². The van der Waals surface area contributed by atoms with Gasteiger partial charge in [0.2, 0.25) is 0 Å². The van der Waals surface area contributed by atoms with Gasteiger partial charge < -0.3 is 14.8 Å². The van der Waals surface area contributed by atoms with Gasteiger partial charge in [-0.1, -0.05) is 26.7 Å². The summed E-state index contributed by atoms with van der Waals surface area (Å²) < 4.78 is 5.31. The van der Waals surface area contributed by atoms with Crippen molar-refractivity contribution in [3.05, 3.63) is 41.8 Å². The number of carbonyl (C=O) groups is 1. The van der Waals surface area contributed by atoms with Crippen LogP contribution < -0.4 is 5.32 Å². The molecule has 2 aromatic rings. The summed E-state index contributed by atoms with van der Waals surface area (Å²) in [7, 11) is 0. The summed E-state index contributed by atoms with van der Waals surface area (Å²) in [5, 5.41) is 12.9. The van der Waals surface area contributed by atoms with Crippen molar-refractivity contribution in [3.63, 3.8) is 0 Å². The molecule has 2 heterocycles. The molecule has 5 heteroatoms. The maximum Gasteiger partial charge on any atom is 0.253 e. The molecular formula is C18H24N2O3. The third-order valence-electron chi connectivity index (χ3n) is 4.17. The van der Waals surface area contributed by atoms with Gasteiger partial charge in [0.05, 0.1) is 23.6 Å². The molecule has 0 aliphatic carbocycles. The predicted octanol–water partition coefficient (Wildman–Crippen LogP) is 3.18. The van der Waals surface area contributed by atoms with E-state index in [9.17, 15) is 9.90 Å². The summed E-state index contributed by atoms with van der Waals surface area (Å²) in [6.45, 7) is 6.13. The molecule has 0 aliphatic rings. The number of nitrogens with one attached hydrogen (secondary N) is 1. The lowest BCUT2D eigenvalue weighted by atomic mass is 9.96. The molecule has 2 N–H and O–H groups in total. The molecule has 0 bridgehead atoms. The van der Waals surface area contributed by atoms with Crippen molar-refractivity contribution in [1.29, 1.82) is 0 Å². The van der Waals surface area contributed by atoms with Gasteiger partial charge in [-0.3, -0.25) is 4.79 Å². The molecule has 5 nitrogen and oxygen atoms in total. The van der Waals surface area contributed by atoms with E-state index in [2.05, 4.69) is 10.3 Å². The van der Waals surface area contributed by atoms with Crippen LogP contribution in [0.2, 0.25) is 0 Å². The van der Waals surface area contributed by atoms with E-state index in [1.165, 1.54) is 0 Å². The molecular weight excluding hydrogens is 292 g/mol. The zero-order valence-corrected chi connectivity index (χ0v) is 13.9. The Morgan fingerprint density at radius 1 is 1.30 bits per heavy atom. The first-order valence-electron chi connectivity index (χ1n) is 8.04. The highest BCUT2D eigenvalue weighted by Crippen LogP contribution is 2.19. The predicted molar refractivity (Wildman–Crippen MR) is 89.1 cm³/mol. The fourth-order valence-electron chi connectivity index (χ4n) is 2.65. The van der Waals surface area contributed by atoms with Crippen LogP contribution >= 0.6 is 0 Å². The molecule has 1 amide bonds. The van der Waals surface area contributed by atoms with Crippen molar-refractivity contribution < 1.29 is 14.3 Å². The Hall–Kier alpha value is -2.14. The summed E-state index contributed by atoms with van der Waals surface area (Å²) in [4.78, 5) is 16.7. The van der Waals surface area contributed by atoms with Crippen LogP contribution in [0.4, 0.5) is 0 Å². The molecule has 0 saturated heterocycles. The van der Waals surface area contributed by atoms with E-state index in [0.29, 0.717) is 22.7 Å². The highest BCUT2D eigenvalue weighted by Gasteiger charge is 2.18. The van der Waals surface area contributed by atoms with Crippen molar-refractivity contribution in [1.82, 2.24) is 10.3 Å². The molecule has 0 aliphatic heterocycles. The lowest BCUT2D eigenvalue weighted by molar-refractivity contribution is 0.0816. The summed E-state index contributed by atoms with van der Waals surface area (Å²) >= 11 is 0. The van der Waals surface area contributed by atoms with Gasteiger partial charge in [-0.2, -0.15) is 0 Å². The molecule has 1 atom stereocenters. The number of hydrogen-bond donors (Lipinski definition) is 2. The van der Waals surface area contributed by atoms with Gasteiger partial charge in [0.1, 0.15) is 5.69 Å². The standard InChI is InChI=1S/C18H24N2O3/c1-4-13(5-2)16(21)11-19-18(22)14-8-9-15(20-12(14)3)17-7-6-10-23-17/h6-10,13,16,21H,4-5,11H2,1-3H3,(H,19,22).